The summed E-state index contributed by atoms with van der Waals surface area (Å²) < 4.78 is 33.7. The lowest BCUT2D eigenvalue weighted by Gasteiger charge is -2.11. The molecule has 0 saturated heterocycles. The SMILES string of the molecule is CS(=O)(=O)Oc1ccc(/C(=C\CSc2ccc(OCC(=O)O)cc2Br)c2ccccc2)cc1. The summed E-state index contributed by atoms with van der Waals surface area (Å²) in [5.74, 6) is 0.376. The van der Waals surface area contributed by atoms with Gasteiger partial charge in [-0.25, -0.2) is 4.79 Å². The van der Waals surface area contributed by atoms with E-state index in [0.29, 0.717) is 11.5 Å². The van der Waals surface area contributed by atoms with E-state index in [1.165, 1.54) is 0 Å². The Morgan fingerprint density at radius 1 is 1.00 bits per heavy atom. The lowest BCUT2D eigenvalue weighted by molar-refractivity contribution is -0.139. The van der Waals surface area contributed by atoms with E-state index in [-0.39, 0.29) is 5.75 Å². The van der Waals surface area contributed by atoms with E-state index in [9.17, 15) is 13.2 Å². The van der Waals surface area contributed by atoms with Crippen LogP contribution in [0.15, 0.2) is 88.2 Å². The van der Waals surface area contributed by atoms with Crippen molar-refractivity contribution in [2.24, 2.45) is 0 Å². The molecule has 3 aromatic rings. The molecule has 0 unspecified atom stereocenters. The monoisotopic (exact) mass is 548 g/mol. The van der Waals surface area contributed by atoms with Crippen LogP contribution in [0.2, 0.25) is 0 Å². The summed E-state index contributed by atoms with van der Waals surface area (Å²) in [6.45, 7) is -0.393. The minimum Gasteiger partial charge on any atom is -0.482 e. The summed E-state index contributed by atoms with van der Waals surface area (Å²) in [5, 5.41) is 8.74. The van der Waals surface area contributed by atoms with Crippen LogP contribution in [-0.4, -0.2) is 38.1 Å². The molecule has 0 aliphatic rings. The Kier molecular flexibility index (Phi) is 8.60. The molecule has 0 saturated carbocycles. The van der Waals surface area contributed by atoms with Crippen molar-refractivity contribution in [2.45, 2.75) is 4.90 Å². The molecule has 0 aromatic heterocycles. The molecule has 0 spiro atoms. The Morgan fingerprint density at radius 2 is 1.64 bits per heavy atom. The molecule has 0 radical (unpaired) electrons. The van der Waals surface area contributed by atoms with Gasteiger partial charge < -0.3 is 14.0 Å². The number of carboxylic acid groups (broad SMARTS) is 1. The number of halogens is 1. The molecule has 9 heteroatoms. The fraction of sp³-hybridized carbons (Fsp3) is 0.125. The smallest absolute Gasteiger partial charge is 0.341 e. The summed E-state index contributed by atoms with van der Waals surface area (Å²) in [6, 6.07) is 22.2. The van der Waals surface area contributed by atoms with Crippen LogP contribution >= 0.6 is 27.7 Å². The van der Waals surface area contributed by atoms with Crippen molar-refractivity contribution in [3.8, 4) is 11.5 Å². The number of benzene rings is 3. The third-order valence-corrected chi connectivity index (χ3v) is 6.70. The van der Waals surface area contributed by atoms with Crippen molar-refractivity contribution in [2.75, 3.05) is 18.6 Å². The highest BCUT2D eigenvalue weighted by Gasteiger charge is 2.09. The average Bonchev–Trinajstić information content (AvgIpc) is 2.77. The molecule has 0 heterocycles. The van der Waals surface area contributed by atoms with Crippen LogP contribution < -0.4 is 8.92 Å². The maximum atomic E-state index is 11.4. The van der Waals surface area contributed by atoms with Crippen LogP contribution in [0.25, 0.3) is 5.57 Å². The molecule has 0 atom stereocenters. The quantitative estimate of drug-likeness (QED) is 0.265. The molecule has 0 fully saturated rings. The van der Waals surface area contributed by atoms with Gasteiger partial charge in [-0.3, -0.25) is 0 Å². The van der Waals surface area contributed by atoms with Gasteiger partial charge in [0.2, 0.25) is 0 Å². The fourth-order valence-corrected chi connectivity index (χ4v) is 4.89. The number of hydrogen-bond donors (Lipinski definition) is 1. The van der Waals surface area contributed by atoms with E-state index in [1.54, 1.807) is 36.0 Å². The number of thioether (sulfide) groups is 1. The molecule has 6 nitrogen and oxygen atoms in total. The predicted molar refractivity (Wildman–Crippen MR) is 133 cm³/mol. The van der Waals surface area contributed by atoms with Gasteiger partial charge in [0.25, 0.3) is 0 Å². The summed E-state index contributed by atoms with van der Waals surface area (Å²) in [7, 11) is -3.58. The second-order valence-electron chi connectivity index (χ2n) is 6.88. The van der Waals surface area contributed by atoms with Gasteiger partial charge in [0.15, 0.2) is 6.61 Å². The van der Waals surface area contributed by atoms with Gasteiger partial charge in [-0.05, 0) is 63.0 Å². The fourth-order valence-electron chi connectivity index (χ4n) is 2.93. The average molecular weight is 549 g/mol. The van der Waals surface area contributed by atoms with Gasteiger partial charge in [-0.2, -0.15) is 8.42 Å². The lowest BCUT2D eigenvalue weighted by Crippen LogP contribution is -2.09. The third-order valence-electron chi connectivity index (χ3n) is 4.29. The Bertz CT molecular complexity index is 1240. The van der Waals surface area contributed by atoms with Crippen molar-refractivity contribution < 1.29 is 27.2 Å². The highest BCUT2D eigenvalue weighted by Crippen LogP contribution is 2.33. The topological polar surface area (TPSA) is 89.9 Å². The summed E-state index contributed by atoms with van der Waals surface area (Å²) in [5.41, 5.74) is 2.97. The second kappa shape index (κ2) is 11.4. The van der Waals surface area contributed by atoms with Crippen molar-refractivity contribution in [1.82, 2.24) is 0 Å². The Labute approximate surface area is 205 Å². The number of ether oxygens (including phenoxy) is 1. The first-order valence-electron chi connectivity index (χ1n) is 9.74. The Morgan fingerprint density at radius 3 is 2.24 bits per heavy atom. The normalized spacial score (nSPS) is 11.8. The second-order valence-corrected chi connectivity index (χ2v) is 10.4. The van der Waals surface area contributed by atoms with Crippen LogP contribution in [0.1, 0.15) is 11.1 Å². The standard InChI is InChI=1S/C24H21BrO6S2/c1-33(28,29)31-19-9-7-18(8-10-19)21(17-5-3-2-4-6-17)13-14-32-23-12-11-20(15-22(23)25)30-16-24(26)27/h2-13,15H,14,16H2,1H3,(H,26,27)/b21-13-. The molecule has 172 valence electrons. The summed E-state index contributed by atoms with van der Waals surface area (Å²) in [4.78, 5) is 11.6. The van der Waals surface area contributed by atoms with E-state index < -0.39 is 22.7 Å². The molecule has 0 aliphatic carbocycles. The number of rotatable bonds is 10. The highest BCUT2D eigenvalue weighted by atomic mass is 79.9. The molecule has 1 N–H and O–H groups in total. The third kappa shape index (κ3) is 7.96. The maximum Gasteiger partial charge on any atom is 0.341 e. The minimum atomic E-state index is -3.58. The van der Waals surface area contributed by atoms with Crippen LogP contribution in [-0.2, 0) is 14.9 Å². The zero-order chi connectivity index (χ0) is 23.8. The molecule has 0 aliphatic heterocycles. The van der Waals surface area contributed by atoms with Crippen LogP contribution in [0.4, 0.5) is 0 Å². The molecule has 3 aromatic carbocycles. The largest absolute Gasteiger partial charge is 0.482 e. The van der Waals surface area contributed by atoms with E-state index in [2.05, 4.69) is 22.0 Å². The van der Waals surface area contributed by atoms with E-state index in [1.807, 2.05) is 48.5 Å². The van der Waals surface area contributed by atoms with Gasteiger partial charge in [-0.1, -0.05) is 48.5 Å². The first-order chi connectivity index (χ1) is 15.7. The molecule has 33 heavy (non-hydrogen) atoms. The Balaban J connectivity index is 1.78. The van der Waals surface area contributed by atoms with Gasteiger partial charge in [0, 0.05) is 15.1 Å². The van der Waals surface area contributed by atoms with Crippen LogP contribution in [0.5, 0.6) is 11.5 Å². The maximum absolute atomic E-state index is 11.4. The highest BCUT2D eigenvalue weighted by molar-refractivity contribution is 9.10. The number of aliphatic carboxylic acids is 1. The van der Waals surface area contributed by atoms with Crippen molar-refractivity contribution >= 4 is 49.4 Å². The molecular weight excluding hydrogens is 528 g/mol. The molecular formula is C24H21BrO6S2. The van der Waals surface area contributed by atoms with E-state index in [0.717, 1.165) is 32.3 Å². The van der Waals surface area contributed by atoms with Gasteiger partial charge in [0.05, 0.1) is 6.26 Å². The molecule has 0 bridgehead atoms. The lowest BCUT2D eigenvalue weighted by atomic mass is 9.98. The predicted octanol–water partition coefficient (Wildman–Crippen LogP) is 5.47. The zero-order valence-electron chi connectivity index (χ0n) is 17.6. The molecule has 3 rings (SSSR count). The van der Waals surface area contributed by atoms with E-state index >= 15 is 0 Å². The van der Waals surface area contributed by atoms with Crippen molar-refractivity contribution in [3.05, 3.63) is 94.5 Å². The van der Waals surface area contributed by atoms with Crippen molar-refractivity contribution in [1.29, 1.82) is 0 Å². The molecule has 0 amide bonds. The first kappa shape index (κ1) is 24.9. The number of hydrogen-bond acceptors (Lipinski definition) is 6. The minimum absolute atomic E-state index is 0.261. The first-order valence-corrected chi connectivity index (χ1v) is 13.3. The zero-order valence-corrected chi connectivity index (χ0v) is 20.8. The summed E-state index contributed by atoms with van der Waals surface area (Å²) >= 11 is 5.12. The van der Waals surface area contributed by atoms with E-state index in [4.69, 9.17) is 14.0 Å². The van der Waals surface area contributed by atoms with Gasteiger partial charge >= 0.3 is 16.1 Å². The Hall–Kier alpha value is -2.75. The van der Waals surface area contributed by atoms with Gasteiger partial charge in [0.1, 0.15) is 11.5 Å². The van der Waals surface area contributed by atoms with Crippen molar-refractivity contribution in [3.63, 3.8) is 0 Å². The number of carbonyl (C=O) groups is 1. The summed E-state index contributed by atoms with van der Waals surface area (Å²) in [6.07, 6.45) is 3.12. The van der Waals surface area contributed by atoms with Crippen LogP contribution in [0.3, 0.4) is 0 Å². The number of carboxylic acids is 1. The van der Waals surface area contributed by atoms with Gasteiger partial charge in [-0.15, -0.1) is 11.8 Å². The van der Waals surface area contributed by atoms with Crippen LogP contribution in [0, 0.1) is 0 Å².